The SMILES string of the molecule is CC(C)[C@@H](C)[C@@]1(C)CC[C@]2(C)[C@H]3CC[C@@H]4[C@@]5(COC[C@@]4(C)[C@@H](OC[C@](C)(N)C(C)(C)C)[C@H](n4ncnc4C4CCNCC4)C5)C3=CC[C@@]2(C)[C@@H]1C(=O)O. The highest BCUT2D eigenvalue weighted by Crippen LogP contribution is 2.75. The van der Waals surface area contributed by atoms with Crippen LogP contribution < -0.4 is 11.1 Å². The fourth-order valence-electron chi connectivity index (χ4n) is 13.5. The van der Waals surface area contributed by atoms with E-state index >= 15 is 0 Å². The summed E-state index contributed by atoms with van der Waals surface area (Å²) in [6, 6.07) is -0.0163. The van der Waals surface area contributed by atoms with Gasteiger partial charge in [-0.1, -0.05) is 80.9 Å². The highest BCUT2D eigenvalue weighted by molar-refractivity contribution is 5.73. The van der Waals surface area contributed by atoms with Crippen LogP contribution in [0.15, 0.2) is 18.0 Å². The van der Waals surface area contributed by atoms with Gasteiger partial charge in [0.1, 0.15) is 12.2 Å². The summed E-state index contributed by atoms with van der Waals surface area (Å²) >= 11 is 0. The Kier molecular flexibility index (Phi) is 9.76. The normalized spacial score (nSPS) is 43.6. The fraction of sp³-hybridized carbons (Fsp3) is 0.886. The molecule has 9 heteroatoms. The molecule has 298 valence electrons. The molecule has 12 atom stereocenters. The smallest absolute Gasteiger partial charge is 0.307 e. The van der Waals surface area contributed by atoms with E-state index in [1.165, 1.54) is 0 Å². The lowest BCUT2D eigenvalue weighted by Crippen LogP contribution is -2.69. The summed E-state index contributed by atoms with van der Waals surface area (Å²) in [5.74, 6) is 1.88. The Bertz CT molecular complexity index is 1570. The van der Waals surface area contributed by atoms with Crippen molar-refractivity contribution in [2.45, 2.75) is 151 Å². The summed E-state index contributed by atoms with van der Waals surface area (Å²) < 4.78 is 16.4. The van der Waals surface area contributed by atoms with E-state index < -0.39 is 17.4 Å². The maximum Gasteiger partial charge on any atom is 0.307 e. The molecule has 2 bridgehead atoms. The number of aromatic nitrogens is 3. The van der Waals surface area contributed by atoms with Crippen molar-refractivity contribution in [3.63, 3.8) is 0 Å². The first-order valence-corrected chi connectivity index (χ1v) is 21.2. The number of hydrogen-bond acceptors (Lipinski definition) is 7. The van der Waals surface area contributed by atoms with E-state index in [4.69, 9.17) is 25.3 Å². The first kappa shape index (κ1) is 39.4. The second-order valence-corrected chi connectivity index (χ2v) is 21.6. The van der Waals surface area contributed by atoms with E-state index in [1.807, 2.05) is 0 Å². The molecule has 0 amide bonds. The van der Waals surface area contributed by atoms with E-state index in [9.17, 15) is 9.90 Å². The number of piperidine rings is 1. The van der Waals surface area contributed by atoms with Crippen LogP contribution in [-0.4, -0.2) is 70.4 Å². The third-order valence-corrected chi connectivity index (χ3v) is 18.0. The van der Waals surface area contributed by atoms with Gasteiger partial charge in [-0.05, 0) is 117 Å². The Morgan fingerprint density at radius 3 is 2.40 bits per heavy atom. The van der Waals surface area contributed by atoms with Crippen molar-refractivity contribution < 1.29 is 19.4 Å². The Morgan fingerprint density at radius 1 is 1.06 bits per heavy atom. The molecule has 7 rings (SSSR count). The highest BCUT2D eigenvalue weighted by atomic mass is 16.5. The molecule has 0 spiro atoms. The molecule has 2 aliphatic heterocycles. The Morgan fingerprint density at radius 2 is 1.75 bits per heavy atom. The molecule has 6 aliphatic rings. The number of aliphatic carboxylic acids is 1. The van der Waals surface area contributed by atoms with Gasteiger partial charge in [0.15, 0.2) is 0 Å². The monoisotopic (exact) mass is 736 g/mol. The summed E-state index contributed by atoms with van der Waals surface area (Å²) in [7, 11) is 0. The number of carboxylic acid groups (broad SMARTS) is 1. The summed E-state index contributed by atoms with van der Waals surface area (Å²) in [5, 5.41) is 19.8. The van der Waals surface area contributed by atoms with Crippen LogP contribution in [0.5, 0.6) is 0 Å². The van der Waals surface area contributed by atoms with Crippen LogP contribution in [-0.2, 0) is 14.3 Å². The second kappa shape index (κ2) is 13.1. The van der Waals surface area contributed by atoms with Crippen molar-refractivity contribution >= 4 is 5.97 Å². The van der Waals surface area contributed by atoms with Crippen molar-refractivity contribution in [3.05, 3.63) is 23.8 Å². The molecule has 0 radical (unpaired) electrons. The van der Waals surface area contributed by atoms with Gasteiger partial charge in [-0.2, -0.15) is 5.10 Å². The predicted octanol–water partition coefficient (Wildman–Crippen LogP) is 8.02. The van der Waals surface area contributed by atoms with Crippen LogP contribution >= 0.6 is 0 Å². The zero-order chi connectivity index (χ0) is 38.6. The van der Waals surface area contributed by atoms with Crippen LogP contribution in [0.4, 0.5) is 0 Å². The molecule has 0 aromatic carbocycles. The number of nitrogens with two attached hydrogens (primary N) is 1. The van der Waals surface area contributed by atoms with Crippen LogP contribution in [0.25, 0.3) is 0 Å². The van der Waals surface area contributed by atoms with Crippen molar-refractivity contribution in [1.82, 2.24) is 20.1 Å². The maximum atomic E-state index is 13.6. The number of fused-ring (bicyclic) bond motifs is 3. The molecule has 9 nitrogen and oxygen atoms in total. The van der Waals surface area contributed by atoms with Gasteiger partial charge in [0.05, 0.1) is 37.9 Å². The van der Waals surface area contributed by atoms with Crippen LogP contribution in [0, 0.1) is 62.1 Å². The largest absolute Gasteiger partial charge is 0.481 e. The molecule has 3 saturated carbocycles. The van der Waals surface area contributed by atoms with Crippen molar-refractivity contribution in [3.8, 4) is 0 Å². The number of rotatable bonds is 8. The van der Waals surface area contributed by atoms with Crippen molar-refractivity contribution in [2.75, 3.05) is 32.9 Å². The molecule has 3 heterocycles. The molecule has 4 aliphatic carbocycles. The number of carboxylic acids is 1. The molecule has 4 N–H and O–H groups in total. The number of hydrogen-bond donors (Lipinski definition) is 3. The zero-order valence-corrected chi connectivity index (χ0v) is 35.1. The van der Waals surface area contributed by atoms with E-state index in [0.29, 0.717) is 49.4 Å². The van der Waals surface area contributed by atoms with Crippen LogP contribution in [0.3, 0.4) is 0 Å². The number of allylic oxidation sites excluding steroid dienone is 1. The topological polar surface area (TPSA) is 125 Å². The van der Waals surface area contributed by atoms with Crippen molar-refractivity contribution in [2.24, 2.45) is 67.8 Å². The van der Waals surface area contributed by atoms with Gasteiger partial charge in [0.25, 0.3) is 0 Å². The van der Waals surface area contributed by atoms with Gasteiger partial charge >= 0.3 is 5.97 Å². The van der Waals surface area contributed by atoms with Gasteiger partial charge in [0.2, 0.25) is 0 Å². The lowest BCUT2D eigenvalue weighted by Gasteiger charge is -2.71. The van der Waals surface area contributed by atoms with Gasteiger partial charge in [0, 0.05) is 22.3 Å². The minimum absolute atomic E-state index is 0.0163. The second-order valence-electron chi connectivity index (χ2n) is 21.6. The van der Waals surface area contributed by atoms with Gasteiger partial charge in [-0.25, -0.2) is 9.67 Å². The maximum absolute atomic E-state index is 13.6. The Hall–Kier alpha value is -1.81. The molecule has 1 aromatic heterocycles. The van der Waals surface area contributed by atoms with E-state index in [2.05, 4.69) is 92.2 Å². The first-order chi connectivity index (χ1) is 24.7. The minimum atomic E-state index is -0.609. The number of nitrogens with zero attached hydrogens (tertiary/aromatic N) is 3. The molecule has 53 heavy (non-hydrogen) atoms. The molecule has 0 unspecified atom stereocenters. The average Bonchev–Trinajstić information content (AvgIpc) is 3.57. The summed E-state index contributed by atoms with van der Waals surface area (Å²) in [6.07, 6.45) is 12.2. The van der Waals surface area contributed by atoms with E-state index in [1.54, 1.807) is 11.9 Å². The lowest BCUT2D eigenvalue weighted by atomic mass is 9.34. The molecule has 2 saturated heterocycles. The van der Waals surface area contributed by atoms with Crippen LogP contribution in [0.1, 0.15) is 145 Å². The molecule has 1 aromatic rings. The van der Waals surface area contributed by atoms with E-state index in [-0.39, 0.29) is 44.6 Å². The average molecular weight is 736 g/mol. The number of ether oxygens (including phenoxy) is 2. The molecular weight excluding hydrogens is 663 g/mol. The zero-order valence-electron chi connectivity index (χ0n) is 35.1. The summed E-state index contributed by atoms with van der Waals surface area (Å²) in [4.78, 5) is 18.6. The summed E-state index contributed by atoms with van der Waals surface area (Å²) in [6.45, 7) is 28.9. The molecule has 5 fully saturated rings. The third-order valence-electron chi connectivity index (χ3n) is 18.0. The number of carbonyl (C=O) groups is 1. The third kappa shape index (κ3) is 5.68. The van der Waals surface area contributed by atoms with Gasteiger partial charge in [-0.3, -0.25) is 4.79 Å². The standard InChI is InChI=1S/C44H73N5O4/c1-27(2)28(3)39(7)18-19-41(9)30-12-13-33-40(8)23-52-25-44(33,31(30)14-17-42(41,10)34(39)37(50)51)22-32(35(40)53-24-43(11,45)38(4,5)6)49-36(47-26-48-49)29-15-20-46-21-16-29/h14,26-30,32-35,46H,12-13,15-25,45H2,1-11H3,(H,50,51)/t28-,30+,32-,33+,34-,35+,39-,40-,41-,42+,43+,44+/m1/s1. The fourth-order valence-corrected chi connectivity index (χ4v) is 13.5. The Balaban J connectivity index is 1.33. The number of nitrogens with one attached hydrogen (secondary N) is 1. The minimum Gasteiger partial charge on any atom is -0.481 e. The van der Waals surface area contributed by atoms with Gasteiger partial charge in [-0.15, -0.1) is 0 Å². The van der Waals surface area contributed by atoms with Gasteiger partial charge < -0.3 is 25.6 Å². The van der Waals surface area contributed by atoms with Crippen LogP contribution in [0.2, 0.25) is 0 Å². The highest BCUT2D eigenvalue weighted by Gasteiger charge is 2.72. The first-order valence-electron chi connectivity index (χ1n) is 21.2. The van der Waals surface area contributed by atoms with E-state index in [0.717, 1.165) is 70.3 Å². The predicted molar refractivity (Wildman–Crippen MR) is 209 cm³/mol. The Labute approximate surface area is 320 Å². The van der Waals surface area contributed by atoms with Crippen molar-refractivity contribution in [1.29, 1.82) is 0 Å². The lowest BCUT2D eigenvalue weighted by molar-refractivity contribution is -0.253. The quantitative estimate of drug-likeness (QED) is 0.230. The summed E-state index contributed by atoms with van der Waals surface area (Å²) in [5.41, 5.74) is 6.75. The molecular formula is C44H73N5O4.